The van der Waals surface area contributed by atoms with Crippen LogP contribution in [-0.4, -0.2) is 22.0 Å². The molecule has 6 heteroatoms. The van der Waals surface area contributed by atoms with E-state index in [-0.39, 0.29) is 11.5 Å². The predicted octanol–water partition coefficient (Wildman–Crippen LogP) is 2.64. The number of aromatic nitrogens is 1. The predicted molar refractivity (Wildman–Crippen MR) is 78.3 cm³/mol. The van der Waals surface area contributed by atoms with Gasteiger partial charge in [-0.1, -0.05) is 0 Å². The summed E-state index contributed by atoms with van der Waals surface area (Å²) in [7, 11) is 0. The molecule has 2 aromatic rings. The van der Waals surface area contributed by atoms with Gasteiger partial charge in [0.05, 0.1) is 17.4 Å². The Labute approximate surface area is 122 Å². The Hall–Kier alpha value is -1.96. The van der Waals surface area contributed by atoms with Gasteiger partial charge >= 0.3 is 5.97 Å². The standard InChI is InChI=1S/C13H9IN2O3/c14-10-3-1-8(2-4-10)12(17)16-11-5-9(13(18)19)6-15-7-11/h1-7H,(H,16,17)(H,18,19). The van der Waals surface area contributed by atoms with Crippen molar-refractivity contribution in [3.8, 4) is 0 Å². The van der Waals surface area contributed by atoms with E-state index >= 15 is 0 Å². The average Bonchev–Trinajstić information content (AvgIpc) is 2.39. The van der Waals surface area contributed by atoms with Gasteiger partial charge in [0.15, 0.2) is 0 Å². The van der Waals surface area contributed by atoms with Crippen LogP contribution < -0.4 is 5.32 Å². The molecule has 1 aromatic heterocycles. The summed E-state index contributed by atoms with van der Waals surface area (Å²) in [5, 5.41) is 11.4. The molecule has 0 bridgehead atoms. The highest BCUT2D eigenvalue weighted by molar-refractivity contribution is 14.1. The van der Waals surface area contributed by atoms with Crippen molar-refractivity contribution in [2.24, 2.45) is 0 Å². The van der Waals surface area contributed by atoms with E-state index < -0.39 is 5.97 Å². The second-order valence-corrected chi connectivity index (χ2v) is 4.97. The molecule has 0 unspecified atom stereocenters. The summed E-state index contributed by atoms with van der Waals surface area (Å²) >= 11 is 2.15. The summed E-state index contributed by atoms with van der Waals surface area (Å²) in [5.41, 5.74) is 0.880. The van der Waals surface area contributed by atoms with E-state index in [2.05, 4.69) is 32.9 Å². The van der Waals surface area contributed by atoms with Crippen LogP contribution in [0.4, 0.5) is 5.69 Å². The van der Waals surface area contributed by atoms with E-state index in [9.17, 15) is 9.59 Å². The van der Waals surface area contributed by atoms with Crippen LogP contribution in [0, 0.1) is 3.57 Å². The Kier molecular flexibility index (Phi) is 4.10. The van der Waals surface area contributed by atoms with Crippen LogP contribution >= 0.6 is 22.6 Å². The molecular formula is C13H9IN2O3. The molecule has 1 heterocycles. The Morgan fingerprint density at radius 2 is 1.79 bits per heavy atom. The minimum absolute atomic E-state index is 0.0282. The zero-order valence-corrected chi connectivity index (χ0v) is 11.8. The number of rotatable bonds is 3. The summed E-state index contributed by atoms with van der Waals surface area (Å²) in [6.07, 6.45) is 2.62. The summed E-state index contributed by atoms with van der Waals surface area (Å²) in [5.74, 6) is -1.39. The van der Waals surface area contributed by atoms with Crippen molar-refractivity contribution < 1.29 is 14.7 Å². The van der Waals surface area contributed by atoms with Gasteiger partial charge in [0.1, 0.15) is 0 Å². The number of carbonyl (C=O) groups is 2. The molecule has 2 rings (SSSR count). The summed E-state index contributed by atoms with van der Waals surface area (Å²) in [6.45, 7) is 0. The summed E-state index contributed by atoms with van der Waals surface area (Å²) < 4.78 is 1.03. The molecule has 19 heavy (non-hydrogen) atoms. The normalized spacial score (nSPS) is 9.95. The topological polar surface area (TPSA) is 79.3 Å². The number of carboxylic acids is 1. The monoisotopic (exact) mass is 368 g/mol. The number of aromatic carboxylic acids is 1. The lowest BCUT2D eigenvalue weighted by Gasteiger charge is -2.05. The smallest absolute Gasteiger partial charge is 0.337 e. The fourth-order valence-electron chi connectivity index (χ4n) is 1.43. The van der Waals surface area contributed by atoms with Crippen LogP contribution in [0.3, 0.4) is 0 Å². The summed E-state index contributed by atoms with van der Waals surface area (Å²) in [4.78, 5) is 26.5. The van der Waals surface area contributed by atoms with Gasteiger partial charge in [-0.25, -0.2) is 4.79 Å². The van der Waals surface area contributed by atoms with Gasteiger partial charge < -0.3 is 10.4 Å². The molecule has 2 N–H and O–H groups in total. The van der Waals surface area contributed by atoms with Crippen LogP contribution in [-0.2, 0) is 0 Å². The minimum atomic E-state index is -1.09. The highest BCUT2D eigenvalue weighted by Gasteiger charge is 2.08. The second-order valence-electron chi connectivity index (χ2n) is 3.73. The molecule has 0 atom stereocenters. The van der Waals surface area contributed by atoms with Crippen molar-refractivity contribution in [2.75, 3.05) is 5.32 Å². The van der Waals surface area contributed by atoms with Crippen LogP contribution in [0.1, 0.15) is 20.7 Å². The van der Waals surface area contributed by atoms with Crippen LogP contribution in [0.25, 0.3) is 0 Å². The quantitative estimate of drug-likeness (QED) is 0.817. The Bertz CT molecular complexity index is 626. The van der Waals surface area contributed by atoms with E-state index in [0.29, 0.717) is 11.3 Å². The number of halogens is 1. The maximum atomic E-state index is 11.9. The van der Waals surface area contributed by atoms with Gasteiger partial charge in [0, 0.05) is 15.3 Å². The van der Waals surface area contributed by atoms with E-state index in [4.69, 9.17) is 5.11 Å². The number of amides is 1. The zero-order chi connectivity index (χ0) is 13.8. The van der Waals surface area contributed by atoms with Crippen LogP contribution in [0.15, 0.2) is 42.7 Å². The second kappa shape index (κ2) is 5.79. The first kappa shape index (κ1) is 13.5. The molecule has 0 aliphatic carbocycles. The largest absolute Gasteiger partial charge is 0.478 e. The van der Waals surface area contributed by atoms with E-state index in [1.807, 2.05) is 12.1 Å². The third kappa shape index (κ3) is 3.50. The van der Waals surface area contributed by atoms with Gasteiger partial charge in [-0.3, -0.25) is 9.78 Å². The fourth-order valence-corrected chi connectivity index (χ4v) is 1.79. The molecule has 5 nitrogen and oxygen atoms in total. The molecule has 0 spiro atoms. The van der Waals surface area contributed by atoms with Crippen LogP contribution in [0.2, 0.25) is 0 Å². The molecule has 1 aromatic carbocycles. The average molecular weight is 368 g/mol. The Morgan fingerprint density at radius 3 is 2.42 bits per heavy atom. The highest BCUT2D eigenvalue weighted by Crippen LogP contribution is 2.12. The lowest BCUT2D eigenvalue weighted by Crippen LogP contribution is -2.12. The molecule has 96 valence electrons. The molecule has 0 fully saturated rings. The first-order valence-electron chi connectivity index (χ1n) is 5.31. The number of pyridine rings is 1. The maximum Gasteiger partial charge on any atom is 0.337 e. The molecular weight excluding hydrogens is 359 g/mol. The van der Waals surface area contributed by atoms with Gasteiger partial charge in [-0.2, -0.15) is 0 Å². The number of benzene rings is 1. The zero-order valence-electron chi connectivity index (χ0n) is 9.63. The molecule has 0 aliphatic heterocycles. The third-order valence-electron chi connectivity index (χ3n) is 2.35. The van der Waals surface area contributed by atoms with Gasteiger partial charge in [-0.15, -0.1) is 0 Å². The Morgan fingerprint density at radius 1 is 1.11 bits per heavy atom. The number of carboxylic acid groups (broad SMARTS) is 1. The van der Waals surface area contributed by atoms with Gasteiger partial charge in [0.2, 0.25) is 0 Å². The molecule has 0 saturated heterocycles. The number of carbonyl (C=O) groups excluding carboxylic acids is 1. The first-order valence-corrected chi connectivity index (χ1v) is 6.39. The molecule has 0 radical (unpaired) electrons. The van der Waals surface area contributed by atoms with Crippen molar-refractivity contribution in [3.05, 3.63) is 57.4 Å². The number of nitrogens with one attached hydrogen (secondary N) is 1. The minimum Gasteiger partial charge on any atom is -0.478 e. The number of anilines is 1. The number of nitrogens with zero attached hydrogens (tertiary/aromatic N) is 1. The van der Waals surface area contributed by atoms with Crippen molar-refractivity contribution >= 4 is 40.2 Å². The Balaban J connectivity index is 2.17. The van der Waals surface area contributed by atoms with E-state index in [1.54, 1.807) is 12.1 Å². The van der Waals surface area contributed by atoms with Crippen molar-refractivity contribution in [3.63, 3.8) is 0 Å². The van der Waals surface area contributed by atoms with E-state index in [0.717, 1.165) is 3.57 Å². The van der Waals surface area contributed by atoms with E-state index in [1.165, 1.54) is 18.5 Å². The lowest BCUT2D eigenvalue weighted by atomic mass is 10.2. The van der Waals surface area contributed by atoms with Crippen molar-refractivity contribution in [2.45, 2.75) is 0 Å². The maximum absolute atomic E-state index is 11.9. The summed E-state index contributed by atoms with van der Waals surface area (Å²) in [6, 6.07) is 8.40. The van der Waals surface area contributed by atoms with Crippen LogP contribution in [0.5, 0.6) is 0 Å². The molecule has 1 amide bonds. The van der Waals surface area contributed by atoms with Gasteiger partial charge in [-0.05, 0) is 52.9 Å². The number of hydrogen-bond acceptors (Lipinski definition) is 3. The van der Waals surface area contributed by atoms with Gasteiger partial charge in [0.25, 0.3) is 5.91 Å². The molecule has 0 saturated carbocycles. The number of hydrogen-bond donors (Lipinski definition) is 2. The SMILES string of the molecule is O=C(O)c1cncc(NC(=O)c2ccc(I)cc2)c1. The highest BCUT2D eigenvalue weighted by atomic mass is 127. The molecule has 0 aliphatic rings. The van der Waals surface area contributed by atoms with Crippen molar-refractivity contribution in [1.29, 1.82) is 0 Å². The lowest BCUT2D eigenvalue weighted by molar-refractivity contribution is 0.0696. The third-order valence-corrected chi connectivity index (χ3v) is 3.07. The first-order chi connectivity index (χ1) is 9.06. The fraction of sp³-hybridized carbons (Fsp3) is 0. The van der Waals surface area contributed by atoms with Crippen molar-refractivity contribution in [1.82, 2.24) is 4.98 Å².